The van der Waals surface area contributed by atoms with E-state index in [0.29, 0.717) is 6.54 Å². The van der Waals surface area contributed by atoms with Gasteiger partial charge >= 0.3 is 0 Å². The van der Waals surface area contributed by atoms with Gasteiger partial charge in [0.2, 0.25) is 5.91 Å². The molecule has 3 aromatic rings. The number of aromatic nitrogens is 1. The summed E-state index contributed by atoms with van der Waals surface area (Å²) in [5.74, 6) is 0.0686. The number of likely N-dealkylation sites (tertiary alicyclic amines) is 1. The number of aryl methyl sites for hydroxylation is 1. The molecule has 3 heterocycles. The summed E-state index contributed by atoms with van der Waals surface area (Å²) in [7, 11) is 0. The molecule has 36 heavy (non-hydrogen) atoms. The fourth-order valence-corrected chi connectivity index (χ4v) is 7.01. The Kier molecular flexibility index (Phi) is 7.46. The monoisotopic (exact) mass is 520 g/mol. The molecule has 1 fully saturated rings. The van der Waals surface area contributed by atoms with Crippen LogP contribution in [0.1, 0.15) is 53.9 Å². The second-order valence-electron chi connectivity index (χ2n) is 9.81. The van der Waals surface area contributed by atoms with E-state index >= 15 is 0 Å². The van der Waals surface area contributed by atoms with Gasteiger partial charge in [-0.2, -0.15) is 0 Å². The third-order valence-electron chi connectivity index (χ3n) is 7.01. The van der Waals surface area contributed by atoms with Crippen molar-refractivity contribution in [1.29, 1.82) is 0 Å². The lowest BCUT2D eigenvalue weighted by molar-refractivity contribution is -0.137. The molecule has 1 saturated heterocycles. The smallest absolute Gasteiger partial charge is 0.255 e. The second kappa shape index (κ2) is 10.7. The van der Waals surface area contributed by atoms with Gasteiger partial charge in [-0.1, -0.05) is 68.3 Å². The Labute approximate surface area is 221 Å². The van der Waals surface area contributed by atoms with E-state index in [1.54, 1.807) is 28.2 Å². The van der Waals surface area contributed by atoms with Gasteiger partial charge in [0.25, 0.3) is 5.91 Å². The van der Waals surface area contributed by atoms with Crippen LogP contribution in [0.4, 0.5) is 0 Å². The van der Waals surface area contributed by atoms with Crippen LogP contribution in [-0.4, -0.2) is 44.6 Å². The number of rotatable bonds is 8. The zero-order valence-electron chi connectivity index (χ0n) is 20.9. The molecule has 2 amide bonds. The third-order valence-corrected chi connectivity index (χ3v) is 9.06. The minimum atomic E-state index is -0.450. The summed E-state index contributed by atoms with van der Waals surface area (Å²) in [4.78, 5) is 36.2. The van der Waals surface area contributed by atoms with E-state index in [1.165, 1.54) is 16.0 Å². The lowest BCUT2D eigenvalue weighted by atomic mass is 10.0. The zero-order chi connectivity index (χ0) is 25.2. The number of carbonyl (C=O) groups excluding carboxylic acids is 2. The van der Waals surface area contributed by atoms with Crippen LogP contribution in [0.15, 0.2) is 54.0 Å². The normalized spacial score (nSPS) is 18.2. The van der Waals surface area contributed by atoms with Crippen LogP contribution >= 0.6 is 23.3 Å². The predicted octanol–water partition coefficient (Wildman–Crippen LogP) is 5.49. The fraction of sp³-hybridized carbons (Fsp3) is 0.393. The number of amides is 2. The van der Waals surface area contributed by atoms with Crippen molar-refractivity contribution >= 4 is 35.1 Å². The van der Waals surface area contributed by atoms with Crippen molar-refractivity contribution < 1.29 is 9.59 Å². The van der Waals surface area contributed by atoms with Crippen LogP contribution in [0, 0.1) is 12.8 Å². The van der Waals surface area contributed by atoms with Crippen molar-refractivity contribution in [3.8, 4) is 10.4 Å². The van der Waals surface area contributed by atoms with Crippen molar-refractivity contribution in [3.63, 3.8) is 0 Å². The van der Waals surface area contributed by atoms with E-state index in [1.807, 2.05) is 55.4 Å². The Bertz CT molecular complexity index is 1240. The number of nitrogens with zero attached hydrogens (tertiary/aromatic N) is 3. The topological polar surface area (TPSA) is 65.5 Å². The first-order chi connectivity index (χ1) is 17.4. The maximum atomic E-state index is 13.8. The average molecular weight is 521 g/mol. The van der Waals surface area contributed by atoms with Gasteiger partial charge in [0.1, 0.15) is 6.04 Å². The van der Waals surface area contributed by atoms with Crippen molar-refractivity contribution in [2.45, 2.75) is 58.1 Å². The molecule has 188 valence electrons. The Morgan fingerprint density at radius 3 is 2.67 bits per heavy atom. The van der Waals surface area contributed by atoms with Crippen LogP contribution < -0.4 is 4.72 Å². The molecule has 0 saturated carbocycles. The molecule has 0 aliphatic carbocycles. The number of carbonyl (C=O) groups is 2. The molecule has 2 aromatic carbocycles. The van der Waals surface area contributed by atoms with Crippen LogP contribution in [0.2, 0.25) is 0 Å². The van der Waals surface area contributed by atoms with Gasteiger partial charge in [0.15, 0.2) is 0 Å². The predicted molar refractivity (Wildman–Crippen MR) is 146 cm³/mol. The maximum absolute atomic E-state index is 13.8. The van der Waals surface area contributed by atoms with Gasteiger partial charge in [0, 0.05) is 25.2 Å². The summed E-state index contributed by atoms with van der Waals surface area (Å²) >= 11 is 3.29. The summed E-state index contributed by atoms with van der Waals surface area (Å²) in [6, 6.07) is 15.8. The minimum Gasteiger partial charge on any atom is -0.328 e. The molecule has 0 radical (unpaired) electrons. The molecule has 2 unspecified atom stereocenters. The largest absolute Gasteiger partial charge is 0.328 e. The van der Waals surface area contributed by atoms with E-state index in [2.05, 4.69) is 34.0 Å². The van der Waals surface area contributed by atoms with Crippen molar-refractivity contribution in [2.75, 3.05) is 6.54 Å². The molecule has 5 rings (SSSR count). The Morgan fingerprint density at radius 2 is 1.97 bits per heavy atom. The third kappa shape index (κ3) is 4.94. The lowest BCUT2D eigenvalue weighted by Gasteiger charge is -2.35. The molecular formula is C28H32N4O2S2. The molecule has 0 bridgehead atoms. The van der Waals surface area contributed by atoms with Gasteiger partial charge in [0.05, 0.1) is 21.5 Å². The Hall–Kier alpha value is -2.68. The number of fused-ring (bicyclic) bond motifs is 1. The van der Waals surface area contributed by atoms with E-state index in [0.717, 1.165) is 42.8 Å². The first-order valence-corrected chi connectivity index (χ1v) is 14.3. The standard InChI is InChI=1S/C28H32N4O2S2/c1-18(2)25(32-16-22-7-4-5-8-23(22)27(32)33)28(34)31-14-6-9-24(31)36-30-15-20-10-12-21(13-11-20)26-19(3)29-17-35-26/h4-5,7-8,10-13,17-18,24-25,30H,6,9,14-16H2,1-3H3. The van der Waals surface area contributed by atoms with Crippen LogP contribution in [0.25, 0.3) is 10.4 Å². The van der Waals surface area contributed by atoms with Gasteiger partial charge in [-0.05, 0) is 48.4 Å². The summed E-state index contributed by atoms with van der Waals surface area (Å²) in [6.07, 6.45) is 1.93. The highest BCUT2D eigenvalue weighted by Crippen LogP contribution is 2.32. The lowest BCUT2D eigenvalue weighted by Crippen LogP contribution is -2.52. The molecule has 0 spiro atoms. The molecule has 1 aromatic heterocycles. The van der Waals surface area contributed by atoms with Crippen LogP contribution in [0.5, 0.6) is 0 Å². The zero-order valence-corrected chi connectivity index (χ0v) is 22.6. The van der Waals surface area contributed by atoms with E-state index in [4.69, 9.17) is 0 Å². The maximum Gasteiger partial charge on any atom is 0.255 e. The van der Waals surface area contributed by atoms with Crippen molar-refractivity contribution in [1.82, 2.24) is 19.5 Å². The minimum absolute atomic E-state index is 0.0313. The molecule has 8 heteroatoms. The van der Waals surface area contributed by atoms with Gasteiger partial charge in [-0.3, -0.25) is 14.3 Å². The fourth-order valence-electron chi connectivity index (χ4n) is 5.13. The van der Waals surface area contributed by atoms with Gasteiger partial charge in [-0.15, -0.1) is 11.3 Å². The summed E-state index contributed by atoms with van der Waals surface area (Å²) < 4.78 is 3.49. The van der Waals surface area contributed by atoms with Gasteiger partial charge < -0.3 is 9.80 Å². The number of thiazole rings is 1. The average Bonchev–Trinajstić information content (AvgIpc) is 3.59. The quantitative estimate of drug-likeness (QED) is 0.398. The number of hydrogen-bond acceptors (Lipinski definition) is 6. The van der Waals surface area contributed by atoms with Crippen LogP contribution in [-0.2, 0) is 17.9 Å². The summed E-state index contributed by atoms with van der Waals surface area (Å²) in [5.41, 5.74) is 7.06. The molecule has 2 atom stereocenters. The molecular weight excluding hydrogens is 488 g/mol. The van der Waals surface area contributed by atoms with Gasteiger partial charge in [-0.25, -0.2) is 4.98 Å². The van der Waals surface area contributed by atoms with Crippen molar-refractivity contribution in [3.05, 3.63) is 76.4 Å². The highest BCUT2D eigenvalue weighted by atomic mass is 32.2. The number of hydrogen-bond donors (Lipinski definition) is 1. The molecule has 2 aliphatic rings. The number of nitrogens with one attached hydrogen (secondary N) is 1. The molecule has 6 nitrogen and oxygen atoms in total. The van der Waals surface area contributed by atoms with E-state index in [-0.39, 0.29) is 23.1 Å². The molecule has 1 N–H and O–H groups in total. The van der Waals surface area contributed by atoms with E-state index < -0.39 is 6.04 Å². The second-order valence-corrected chi connectivity index (χ2v) is 11.7. The molecule has 2 aliphatic heterocycles. The SMILES string of the molecule is Cc1ncsc1-c1ccc(CNSC2CCCN2C(=O)C(C(C)C)N2Cc3ccccc3C2=O)cc1. The Morgan fingerprint density at radius 1 is 1.19 bits per heavy atom. The summed E-state index contributed by atoms with van der Waals surface area (Å²) in [5, 5.41) is 0.0675. The van der Waals surface area contributed by atoms with E-state index in [9.17, 15) is 9.59 Å². The first kappa shape index (κ1) is 25.0. The highest BCUT2D eigenvalue weighted by Gasteiger charge is 2.42. The first-order valence-electron chi connectivity index (χ1n) is 12.5. The summed E-state index contributed by atoms with van der Waals surface area (Å²) in [6.45, 7) is 8.07. The Balaban J connectivity index is 1.20. The van der Waals surface area contributed by atoms with Crippen LogP contribution in [0.3, 0.4) is 0 Å². The van der Waals surface area contributed by atoms with Crippen molar-refractivity contribution in [2.24, 2.45) is 5.92 Å². The number of benzene rings is 2. The highest BCUT2D eigenvalue weighted by molar-refractivity contribution is 7.97.